The molecule has 1 aromatic heterocycles. The molecular weight excluding hydrogens is 560 g/mol. The lowest BCUT2D eigenvalue weighted by Crippen LogP contribution is -2.49. The first-order valence-corrected chi connectivity index (χ1v) is 15.9. The summed E-state index contributed by atoms with van der Waals surface area (Å²) in [7, 11) is -3.56. The SMILES string of the molecule is CC1CCC(Oc2c(N3CCN(S(=O)(=O)CSc4ccccc4O)CC3)cnn(-c3cccc(Cl)c3)c2=O)C1. The minimum absolute atomic E-state index is 0.0604. The second kappa shape index (κ2) is 11.8. The minimum Gasteiger partial charge on any atom is -0.507 e. The minimum atomic E-state index is -3.56. The van der Waals surface area contributed by atoms with Gasteiger partial charge in [-0.3, -0.25) is 4.79 Å². The molecule has 2 aliphatic rings. The van der Waals surface area contributed by atoms with Crippen LogP contribution >= 0.6 is 23.4 Å². The number of phenols is 1. The molecule has 1 aliphatic carbocycles. The van der Waals surface area contributed by atoms with Crippen LogP contribution in [0, 0.1) is 5.92 Å². The molecule has 9 nitrogen and oxygen atoms in total. The van der Waals surface area contributed by atoms with Crippen LogP contribution in [0.5, 0.6) is 11.5 Å². The predicted octanol–water partition coefficient (Wildman–Crippen LogP) is 4.36. The van der Waals surface area contributed by atoms with Crippen molar-refractivity contribution in [3.63, 3.8) is 0 Å². The molecule has 2 atom stereocenters. The molecule has 0 spiro atoms. The molecule has 1 saturated carbocycles. The highest BCUT2D eigenvalue weighted by Crippen LogP contribution is 2.33. The number of rotatable bonds is 8. The number of sulfonamides is 1. The van der Waals surface area contributed by atoms with Crippen LogP contribution in [0.15, 0.2) is 64.4 Å². The van der Waals surface area contributed by atoms with Crippen LogP contribution in [-0.2, 0) is 10.0 Å². The molecule has 1 N–H and O–H groups in total. The Morgan fingerprint density at radius 3 is 2.56 bits per heavy atom. The maximum absolute atomic E-state index is 13.7. The van der Waals surface area contributed by atoms with Crippen molar-refractivity contribution >= 4 is 39.1 Å². The number of hydrogen-bond acceptors (Lipinski definition) is 8. The van der Waals surface area contributed by atoms with Gasteiger partial charge in [0.1, 0.15) is 16.5 Å². The third kappa shape index (κ3) is 6.37. The van der Waals surface area contributed by atoms with Crippen molar-refractivity contribution in [3.8, 4) is 17.2 Å². The van der Waals surface area contributed by atoms with Crippen LogP contribution in [0.1, 0.15) is 26.2 Å². The number of benzene rings is 2. The maximum Gasteiger partial charge on any atom is 0.316 e. The first kappa shape index (κ1) is 27.8. The van der Waals surface area contributed by atoms with Gasteiger partial charge in [0.15, 0.2) is 0 Å². The number of anilines is 1. The van der Waals surface area contributed by atoms with E-state index < -0.39 is 10.0 Å². The van der Waals surface area contributed by atoms with Gasteiger partial charge < -0.3 is 14.7 Å². The lowest BCUT2D eigenvalue weighted by molar-refractivity contribution is 0.201. The van der Waals surface area contributed by atoms with Crippen molar-refractivity contribution in [1.82, 2.24) is 14.1 Å². The molecule has 0 radical (unpaired) electrons. The Morgan fingerprint density at radius 1 is 1.10 bits per heavy atom. The van der Waals surface area contributed by atoms with Crippen LogP contribution in [0.4, 0.5) is 5.69 Å². The maximum atomic E-state index is 13.7. The molecule has 5 rings (SSSR count). The second-order valence-electron chi connectivity index (χ2n) is 9.94. The van der Waals surface area contributed by atoms with Crippen molar-refractivity contribution < 1.29 is 18.3 Å². The summed E-state index contributed by atoms with van der Waals surface area (Å²) >= 11 is 7.25. The van der Waals surface area contributed by atoms with E-state index in [4.69, 9.17) is 16.3 Å². The highest BCUT2D eigenvalue weighted by Gasteiger charge is 2.31. The van der Waals surface area contributed by atoms with Gasteiger partial charge in [0.05, 0.1) is 22.9 Å². The van der Waals surface area contributed by atoms with Gasteiger partial charge in [0.2, 0.25) is 15.8 Å². The Hall–Kier alpha value is -2.73. The summed E-state index contributed by atoms with van der Waals surface area (Å²) in [5.41, 5.74) is 0.739. The zero-order valence-corrected chi connectivity index (χ0v) is 24.0. The summed E-state index contributed by atoms with van der Waals surface area (Å²) in [6, 6.07) is 13.6. The highest BCUT2D eigenvalue weighted by molar-refractivity contribution is 8.11. The zero-order valence-electron chi connectivity index (χ0n) is 21.6. The number of nitrogens with zero attached hydrogens (tertiary/aromatic N) is 4. The molecule has 3 aromatic rings. The topological polar surface area (TPSA) is 105 Å². The largest absolute Gasteiger partial charge is 0.507 e. The summed E-state index contributed by atoms with van der Waals surface area (Å²) in [5, 5.41) is 14.7. The Labute approximate surface area is 237 Å². The van der Waals surface area contributed by atoms with Crippen LogP contribution in [0.3, 0.4) is 0 Å². The lowest BCUT2D eigenvalue weighted by Gasteiger charge is -2.36. The van der Waals surface area contributed by atoms with Crippen molar-refractivity contribution in [2.24, 2.45) is 5.92 Å². The van der Waals surface area contributed by atoms with Crippen molar-refractivity contribution in [2.45, 2.75) is 37.2 Å². The van der Waals surface area contributed by atoms with Gasteiger partial charge in [-0.05, 0) is 55.5 Å². The van der Waals surface area contributed by atoms with E-state index in [1.807, 2.05) is 4.90 Å². The fourth-order valence-corrected chi connectivity index (χ4v) is 7.98. The molecule has 12 heteroatoms. The van der Waals surface area contributed by atoms with E-state index in [9.17, 15) is 18.3 Å². The van der Waals surface area contributed by atoms with E-state index in [0.717, 1.165) is 31.0 Å². The van der Waals surface area contributed by atoms with Gasteiger partial charge in [-0.15, -0.1) is 11.8 Å². The molecule has 0 bridgehead atoms. The van der Waals surface area contributed by atoms with Crippen LogP contribution < -0.4 is 15.2 Å². The number of halogens is 1. The number of piperazine rings is 1. The van der Waals surface area contributed by atoms with Crippen LogP contribution in [0.25, 0.3) is 5.69 Å². The number of para-hydroxylation sites is 1. The third-order valence-corrected chi connectivity index (χ3v) is 10.8. The average Bonchev–Trinajstić information content (AvgIpc) is 3.34. The zero-order chi connectivity index (χ0) is 27.6. The Bertz CT molecular complexity index is 1490. The molecule has 208 valence electrons. The van der Waals surface area contributed by atoms with Gasteiger partial charge in [-0.1, -0.05) is 36.7 Å². The van der Waals surface area contributed by atoms with E-state index in [0.29, 0.717) is 40.3 Å². The quantitative estimate of drug-likeness (QED) is 0.386. The second-order valence-corrected chi connectivity index (χ2v) is 13.7. The van der Waals surface area contributed by atoms with Gasteiger partial charge in [-0.25, -0.2) is 8.42 Å². The van der Waals surface area contributed by atoms with E-state index in [-0.39, 0.29) is 41.3 Å². The highest BCUT2D eigenvalue weighted by atomic mass is 35.5. The standard InChI is InChI=1S/C27H31ClN4O5S2/c1-19-9-10-22(15-19)37-26-23(17-29-32(27(26)34)21-6-4-5-20(28)16-21)30-11-13-31(14-12-30)39(35,36)18-38-25-8-3-2-7-24(25)33/h2-8,16-17,19,22,33H,9-15,18H2,1H3. The number of hydrogen-bond donors (Lipinski definition) is 1. The smallest absolute Gasteiger partial charge is 0.316 e. The summed E-state index contributed by atoms with van der Waals surface area (Å²) in [5.74, 6) is 0.821. The predicted molar refractivity (Wildman–Crippen MR) is 154 cm³/mol. The lowest BCUT2D eigenvalue weighted by atomic mass is 10.1. The van der Waals surface area contributed by atoms with E-state index >= 15 is 0 Å². The molecule has 1 aliphatic heterocycles. The fourth-order valence-electron chi connectivity index (χ4n) is 4.98. The first-order chi connectivity index (χ1) is 18.7. The van der Waals surface area contributed by atoms with Gasteiger partial charge >= 0.3 is 5.56 Å². The Kier molecular flexibility index (Phi) is 8.41. The van der Waals surface area contributed by atoms with Crippen molar-refractivity contribution in [3.05, 3.63) is 70.1 Å². The number of aromatic nitrogens is 2. The molecule has 1 saturated heterocycles. The van der Waals surface area contributed by atoms with E-state index in [2.05, 4.69) is 12.0 Å². The number of thioether (sulfide) groups is 1. The van der Waals surface area contributed by atoms with Gasteiger partial charge in [-0.2, -0.15) is 14.1 Å². The number of ether oxygens (including phenoxy) is 1. The monoisotopic (exact) mass is 590 g/mol. The Balaban J connectivity index is 1.35. The Morgan fingerprint density at radius 2 is 1.87 bits per heavy atom. The van der Waals surface area contributed by atoms with Crippen LogP contribution in [-0.4, -0.2) is 65.0 Å². The molecule has 39 heavy (non-hydrogen) atoms. The van der Waals surface area contributed by atoms with E-state index in [1.165, 1.54) is 15.1 Å². The average molecular weight is 591 g/mol. The summed E-state index contributed by atoms with van der Waals surface area (Å²) < 4.78 is 35.1. The van der Waals surface area contributed by atoms with Gasteiger partial charge in [0, 0.05) is 31.2 Å². The molecule has 0 amide bonds. The summed E-state index contributed by atoms with van der Waals surface area (Å²) in [6.45, 7) is 3.49. The van der Waals surface area contributed by atoms with Crippen molar-refractivity contribution in [1.29, 1.82) is 0 Å². The molecule has 2 fully saturated rings. The summed E-state index contributed by atoms with van der Waals surface area (Å²) in [4.78, 5) is 16.1. The summed E-state index contributed by atoms with van der Waals surface area (Å²) in [6.07, 6.45) is 4.35. The molecule has 2 aromatic carbocycles. The normalized spacial score (nSPS) is 20.3. The molecular formula is C27H31ClN4O5S2. The molecule has 2 unspecified atom stereocenters. The fraction of sp³-hybridized carbons (Fsp3) is 0.407. The first-order valence-electron chi connectivity index (χ1n) is 12.9. The van der Waals surface area contributed by atoms with Crippen LogP contribution in [0.2, 0.25) is 5.02 Å². The number of aromatic hydroxyl groups is 1. The number of phenolic OH excluding ortho intramolecular Hbond substituents is 1. The molecule has 2 heterocycles. The van der Waals surface area contributed by atoms with E-state index in [1.54, 1.807) is 48.7 Å². The van der Waals surface area contributed by atoms with Crippen molar-refractivity contribution in [2.75, 3.05) is 36.2 Å². The third-order valence-electron chi connectivity index (χ3n) is 7.10. The van der Waals surface area contributed by atoms with Gasteiger partial charge in [0.25, 0.3) is 0 Å².